The Bertz CT molecular complexity index is 299. The van der Waals surface area contributed by atoms with Gasteiger partial charge in [0.25, 0.3) is 0 Å². The van der Waals surface area contributed by atoms with Crippen LogP contribution in [0.4, 0.5) is 0 Å². The molecule has 0 fully saturated rings. The summed E-state index contributed by atoms with van der Waals surface area (Å²) in [7, 11) is 0. The lowest BCUT2D eigenvalue weighted by Gasteiger charge is -1.99. The first-order chi connectivity index (χ1) is 5.77. The summed E-state index contributed by atoms with van der Waals surface area (Å²) in [5.74, 6) is -0.212. The fourth-order valence-corrected chi connectivity index (χ4v) is 2.49. The molecule has 1 aromatic carbocycles. The predicted octanol–water partition coefficient (Wildman–Crippen LogP) is 1.19. The molecule has 12 heavy (non-hydrogen) atoms. The van der Waals surface area contributed by atoms with Gasteiger partial charge in [0.2, 0.25) is 5.91 Å². The summed E-state index contributed by atoms with van der Waals surface area (Å²) in [6.07, 6.45) is 0.788. The number of hydrogen-bond acceptors (Lipinski definition) is 2. The number of benzene rings is 1. The average molecular weight is 179 g/mol. The van der Waals surface area contributed by atoms with Gasteiger partial charge in [0.05, 0.1) is 5.25 Å². The molecule has 2 N–H and O–H groups in total. The lowest BCUT2D eigenvalue weighted by Crippen LogP contribution is -2.24. The van der Waals surface area contributed by atoms with Gasteiger partial charge >= 0.3 is 0 Å². The van der Waals surface area contributed by atoms with Crippen LogP contribution in [0.1, 0.15) is 5.56 Å². The van der Waals surface area contributed by atoms with Crippen LogP contribution in [0, 0.1) is 0 Å². The summed E-state index contributed by atoms with van der Waals surface area (Å²) in [6, 6.07) is 8.05. The molecule has 1 aliphatic heterocycles. The van der Waals surface area contributed by atoms with Crippen LogP contribution in [-0.4, -0.2) is 11.2 Å². The lowest BCUT2D eigenvalue weighted by atomic mass is 10.1. The van der Waals surface area contributed by atoms with Crippen molar-refractivity contribution in [1.29, 1.82) is 0 Å². The van der Waals surface area contributed by atoms with Crippen molar-refractivity contribution in [1.82, 2.24) is 0 Å². The second kappa shape index (κ2) is 2.83. The van der Waals surface area contributed by atoms with Crippen LogP contribution in [0.15, 0.2) is 29.2 Å². The van der Waals surface area contributed by atoms with Gasteiger partial charge in [-0.15, -0.1) is 11.8 Å². The standard InChI is InChI=1S/C9H9NOS/c10-9(11)8-5-6-3-1-2-4-7(6)12-8/h1-4,8H,5H2,(H2,10,11). The molecule has 0 saturated carbocycles. The maximum Gasteiger partial charge on any atom is 0.231 e. The third-order valence-electron chi connectivity index (χ3n) is 1.96. The molecule has 0 aromatic heterocycles. The van der Waals surface area contributed by atoms with E-state index >= 15 is 0 Å². The summed E-state index contributed by atoms with van der Waals surface area (Å²) in [6.45, 7) is 0. The van der Waals surface area contributed by atoms with Crippen LogP contribution >= 0.6 is 11.8 Å². The Morgan fingerprint density at radius 3 is 2.92 bits per heavy atom. The third kappa shape index (κ3) is 1.20. The van der Waals surface area contributed by atoms with Crippen LogP contribution in [0.2, 0.25) is 0 Å². The number of carbonyl (C=O) groups excluding carboxylic acids is 1. The molecule has 1 unspecified atom stereocenters. The fourth-order valence-electron chi connectivity index (χ4n) is 1.34. The summed E-state index contributed by atoms with van der Waals surface area (Å²) < 4.78 is 0. The van der Waals surface area contributed by atoms with E-state index < -0.39 is 0 Å². The van der Waals surface area contributed by atoms with Gasteiger partial charge in [0.15, 0.2) is 0 Å². The fraction of sp³-hybridized carbons (Fsp3) is 0.222. The summed E-state index contributed by atoms with van der Waals surface area (Å²) >= 11 is 1.57. The normalized spacial score (nSPS) is 20.5. The highest BCUT2D eigenvalue weighted by molar-refractivity contribution is 8.01. The van der Waals surface area contributed by atoms with Crippen LogP contribution in [-0.2, 0) is 11.2 Å². The van der Waals surface area contributed by atoms with Crippen molar-refractivity contribution >= 4 is 17.7 Å². The zero-order valence-electron chi connectivity index (χ0n) is 6.49. The van der Waals surface area contributed by atoms with Gasteiger partial charge in [0, 0.05) is 4.90 Å². The predicted molar refractivity (Wildman–Crippen MR) is 49.0 cm³/mol. The van der Waals surface area contributed by atoms with Crippen molar-refractivity contribution in [3.05, 3.63) is 29.8 Å². The molecule has 1 aliphatic rings. The molecule has 1 aromatic rings. The van der Waals surface area contributed by atoms with Crippen molar-refractivity contribution in [2.24, 2.45) is 5.73 Å². The molecule has 62 valence electrons. The molecule has 0 radical (unpaired) electrons. The second-order valence-electron chi connectivity index (χ2n) is 2.82. The van der Waals surface area contributed by atoms with Crippen molar-refractivity contribution in [2.75, 3.05) is 0 Å². The van der Waals surface area contributed by atoms with Crippen molar-refractivity contribution in [3.63, 3.8) is 0 Å². The number of primary amides is 1. The first-order valence-electron chi connectivity index (χ1n) is 3.81. The van der Waals surface area contributed by atoms with Crippen molar-refractivity contribution < 1.29 is 4.79 Å². The Kier molecular flexibility index (Phi) is 1.81. The molecular formula is C9H9NOS. The highest BCUT2D eigenvalue weighted by Gasteiger charge is 2.25. The van der Waals surface area contributed by atoms with Crippen LogP contribution in [0.3, 0.4) is 0 Å². The van der Waals surface area contributed by atoms with Gasteiger partial charge in [-0.05, 0) is 18.1 Å². The van der Waals surface area contributed by atoms with Crippen LogP contribution < -0.4 is 5.73 Å². The molecule has 1 heterocycles. The highest BCUT2D eigenvalue weighted by atomic mass is 32.2. The van der Waals surface area contributed by atoms with Crippen LogP contribution in [0.25, 0.3) is 0 Å². The minimum absolute atomic E-state index is 0.0533. The molecule has 2 rings (SSSR count). The molecule has 0 saturated heterocycles. The number of nitrogens with two attached hydrogens (primary N) is 1. The SMILES string of the molecule is NC(=O)C1Cc2ccccc2S1. The van der Waals surface area contributed by atoms with E-state index in [1.165, 1.54) is 10.5 Å². The van der Waals surface area contributed by atoms with E-state index in [2.05, 4.69) is 0 Å². The van der Waals surface area contributed by atoms with Gasteiger partial charge < -0.3 is 5.73 Å². The smallest absolute Gasteiger partial charge is 0.231 e. The Hall–Kier alpha value is -0.960. The quantitative estimate of drug-likeness (QED) is 0.703. The van der Waals surface area contributed by atoms with Crippen molar-refractivity contribution in [3.8, 4) is 0 Å². The molecule has 0 bridgehead atoms. The third-order valence-corrected chi connectivity index (χ3v) is 3.30. The number of rotatable bonds is 1. The first kappa shape index (κ1) is 7.68. The lowest BCUT2D eigenvalue weighted by molar-refractivity contribution is -0.117. The van der Waals surface area contributed by atoms with E-state index in [1.807, 2.05) is 24.3 Å². The zero-order valence-corrected chi connectivity index (χ0v) is 7.30. The van der Waals surface area contributed by atoms with E-state index in [0.29, 0.717) is 0 Å². The van der Waals surface area contributed by atoms with E-state index in [-0.39, 0.29) is 11.2 Å². The Morgan fingerprint density at radius 2 is 2.25 bits per heavy atom. The second-order valence-corrected chi connectivity index (χ2v) is 4.07. The van der Waals surface area contributed by atoms with Gasteiger partial charge in [-0.2, -0.15) is 0 Å². The van der Waals surface area contributed by atoms with Crippen molar-refractivity contribution in [2.45, 2.75) is 16.6 Å². The summed E-state index contributed by atoms with van der Waals surface area (Å²) in [5.41, 5.74) is 6.46. The van der Waals surface area contributed by atoms with Crippen LogP contribution in [0.5, 0.6) is 0 Å². The van der Waals surface area contributed by atoms with Gasteiger partial charge in [-0.1, -0.05) is 18.2 Å². The Labute approximate surface area is 75.1 Å². The topological polar surface area (TPSA) is 43.1 Å². The minimum Gasteiger partial charge on any atom is -0.369 e. The Balaban J connectivity index is 2.27. The zero-order chi connectivity index (χ0) is 8.55. The monoisotopic (exact) mass is 179 g/mol. The Morgan fingerprint density at radius 1 is 1.50 bits per heavy atom. The molecule has 2 nitrogen and oxygen atoms in total. The number of carbonyl (C=O) groups is 1. The maximum atomic E-state index is 10.9. The molecule has 0 spiro atoms. The summed E-state index contributed by atoms with van der Waals surface area (Å²) in [4.78, 5) is 12.1. The molecular weight excluding hydrogens is 170 g/mol. The largest absolute Gasteiger partial charge is 0.369 e. The molecule has 1 amide bonds. The number of thioether (sulfide) groups is 1. The maximum absolute atomic E-state index is 10.9. The van der Waals surface area contributed by atoms with Gasteiger partial charge in [0.1, 0.15) is 0 Å². The number of hydrogen-bond donors (Lipinski definition) is 1. The average Bonchev–Trinajstić information content (AvgIpc) is 2.46. The van der Waals surface area contributed by atoms with Gasteiger partial charge in [-0.25, -0.2) is 0 Å². The molecule has 3 heteroatoms. The van der Waals surface area contributed by atoms with E-state index in [4.69, 9.17) is 5.73 Å². The van der Waals surface area contributed by atoms with E-state index in [0.717, 1.165) is 6.42 Å². The van der Waals surface area contributed by atoms with Gasteiger partial charge in [-0.3, -0.25) is 4.79 Å². The molecule has 1 atom stereocenters. The number of fused-ring (bicyclic) bond motifs is 1. The van der Waals surface area contributed by atoms with E-state index in [1.54, 1.807) is 11.8 Å². The molecule has 0 aliphatic carbocycles. The first-order valence-corrected chi connectivity index (χ1v) is 4.69. The highest BCUT2D eigenvalue weighted by Crippen LogP contribution is 2.36. The van der Waals surface area contributed by atoms with E-state index in [9.17, 15) is 4.79 Å². The summed E-state index contributed by atoms with van der Waals surface area (Å²) in [5, 5.41) is -0.0533. The number of amides is 1. The minimum atomic E-state index is -0.212.